The van der Waals surface area contributed by atoms with Gasteiger partial charge in [-0.3, -0.25) is 0 Å². The molecule has 0 saturated heterocycles. The molecule has 0 fully saturated rings. The minimum absolute atomic E-state index is 0.593. The van der Waals surface area contributed by atoms with E-state index in [2.05, 4.69) is 150 Å². The van der Waals surface area contributed by atoms with Crippen molar-refractivity contribution in [1.82, 2.24) is 19.5 Å². The highest BCUT2D eigenvalue weighted by atomic mass is 16.3. The van der Waals surface area contributed by atoms with Gasteiger partial charge in [0.05, 0.1) is 11.0 Å². The summed E-state index contributed by atoms with van der Waals surface area (Å²) in [5.41, 5.74) is 12.3. The number of furan rings is 1. The molecule has 5 nitrogen and oxygen atoms in total. The highest BCUT2D eigenvalue weighted by Crippen LogP contribution is 2.40. The lowest BCUT2D eigenvalue weighted by atomic mass is 10.0. The molecule has 0 radical (unpaired) electrons. The number of hydrogen-bond acceptors (Lipinski definition) is 4. The molecule has 0 unspecified atom stereocenters. The third kappa shape index (κ3) is 5.37. The smallest absolute Gasteiger partial charge is 0.164 e. The molecule has 0 bridgehead atoms. The van der Waals surface area contributed by atoms with Crippen LogP contribution in [0.3, 0.4) is 0 Å². The van der Waals surface area contributed by atoms with E-state index in [4.69, 9.17) is 19.4 Å². The van der Waals surface area contributed by atoms with Crippen molar-refractivity contribution < 1.29 is 4.42 Å². The lowest BCUT2D eigenvalue weighted by molar-refractivity contribution is 0.668. The molecule has 0 aliphatic rings. The van der Waals surface area contributed by atoms with Gasteiger partial charge >= 0.3 is 0 Å². The van der Waals surface area contributed by atoms with Gasteiger partial charge in [-0.15, -0.1) is 0 Å². The first-order valence-electron chi connectivity index (χ1n) is 18.8. The van der Waals surface area contributed by atoms with E-state index in [9.17, 15) is 0 Å². The second kappa shape index (κ2) is 13.0. The first-order valence-corrected chi connectivity index (χ1v) is 18.8. The van der Waals surface area contributed by atoms with E-state index in [0.29, 0.717) is 17.5 Å². The van der Waals surface area contributed by atoms with Crippen LogP contribution in [0.1, 0.15) is 0 Å². The van der Waals surface area contributed by atoms with Crippen molar-refractivity contribution in [3.05, 3.63) is 194 Å². The average molecular weight is 717 g/mol. The predicted octanol–water partition coefficient (Wildman–Crippen LogP) is 13.2. The second-order valence-corrected chi connectivity index (χ2v) is 14.0. The molecule has 56 heavy (non-hydrogen) atoms. The molecule has 5 heteroatoms. The van der Waals surface area contributed by atoms with Crippen LogP contribution in [0, 0.1) is 0 Å². The summed E-state index contributed by atoms with van der Waals surface area (Å²) in [6, 6.07) is 67.4. The highest BCUT2D eigenvalue weighted by molar-refractivity contribution is 6.13. The summed E-state index contributed by atoms with van der Waals surface area (Å²) >= 11 is 0. The van der Waals surface area contributed by atoms with Gasteiger partial charge in [-0.25, -0.2) is 15.0 Å². The Morgan fingerprint density at radius 3 is 1.62 bits per heavy atom. The number of rotatable bonds is 6. The second-order valence-electron chi connectivity index (χ2n) is 14.0. The Labute approximate surface area is 322 Å². The van der Waals surface area contributed by atoms with Gasteiger partial charge in [-0.2, -0.15) is 0 Å². The van der Waals surface area contributed by atoms with Gasteiger partial charge < -0.3 is 8.98 Å². The molecule has 262 valence electrons. The molecule has 11 rings (SSSR count). The molecule has 0 N–H and O–H groups in total. The van der Waals surface area contributed by atoms with Crippen molar-refractivity contribution in [1.29, 1.82) is 0 Å². The highest BCUT2D eigenvalue weighted by Gasteiger charge is 2.20. The number of fused-ring (bicyclic) bond motifs is 6. The molecular formula is C51H32N4O. The van der Waals surface area contributed by atoms with Crippen molar-refractivity contribution in [3.8, 4) is 62.1 Å². The van der Waals surface area contributed by atoms with E-state index in [1.165, 1.54) is 21.9 Å². The Hall–Kier alpha value is -7.63. The van der Waals surface area contributed by atoms with Gasteiger partial charge in [-0.1, -0.05) is 152 Å². The van der Waals surface area contributed by atoms with Crippen LogP contribution >= 0.6 is 0 Å². The van der Waals surface area contributed by atoms with Crippen molar-refractivity contribution in [2.75, 3.05) is 0 Å². The number of aromatic nitrogens is 4. The Morgan fingerprint density at radius 1 is 0.339 bits per heavy atom. The Bertz CT molecular complexity index is 3220. The quantitative estimate of drug-likeness (QED) is 0.172. The topological polar surface area (TPSA) is 56.7 Å². The van der Waals surface area contributed by atoms with Crippen LogP contribution in [-0.2, 0) is 0 Å². The first-order chi connectivity index (χ1) is 27.7. The predicted molar refractivity (Wildman–Crippen MR) is 229 cm³/mol. The summed E-state index contributed by atoms with van der Waals surface area (Å²) in [7, 11) is 0. The fourth-order valence-electron chi connectivity index (χ4n) is 7.99. The zero-order valence-corrected chi connectivity index (χ0v) is 30.2. The van der Waals surface area contributed by atoms with E-state index >= 15 is 0 Å². The monoisotopic (exact) mass is 716 g/mol. The van der Waals surface area contributed by atoms with Gasteiger partial charge in [0.15, 0.2) is 17.5 Å². The molecule has 0 aliphatic heterocycles. The largest absolute Gasteiger partial charge is 0.456 e. The summed E-state index contributed by atoms with van der Waals surface area (Å²) in [6.45, 7) is 0. The molecule has 0 saturated carbocycles. The van der Waals surface area contributed by atoms with Crippen molar-refractivity contribution in [2.24, 2.45) is 0 Å². The molecule has 3 heterocycles. The number of benzene rings is 8. The van der Waals surface area contributed by atoms with Crippen LogP contribution in [0.4, 0.5) is 0 Å². The molecule has 0 aliphatic carbocycles. The normalized spacial score (nSPS) is 11.6. The van der Waals surface area contributed by atoms with Gasteiger partial charge in [-0.05, 0) is 58.7 Å². The van der Waals surface area contributed by atoms with Crippen LogP contribution in [0.2, 0.25) is 0 Å². The van der Waals surface area contributed by atoms with Crippen LogP contribution in [0.15, 0.2) is 199 Å². The maximum atomic E-state index is 6.65. The van der Waals surface area contributed by atoms with Gasteiger partial charge in [0.2, 0.25) is 0 Å². The molecule has 0 amide bonds. The van der Waals surface area contributed by atoms with E-state index in [1.807, 2.05) is 48.5 Å². The lowest BCUT2D eigenvalue weighted by Gasteiger charge is -2.10. The summed E-state index contributed by atoms with van der Waals surface area (Å²) in [5, 5.41) is 4.40. The van der Waals surface area contributed by atoms with E-state index in [1.54, 1.807) is 0 Å². The third-order valence-corrected chi connectivity index (χ3v) is 10.7. The summed E-state index contributed by atoms with van der Waals surface area (Å²) < 4.78 is 8.99. The third-order valence-electron chi connectivity index (χ3n) is 10.7. The van der Waals surface area contributed by atoms with Crippen molar-refractivity contribution in [2.45, 2.75) is 0 Å². The van der Waals surface area contributed by atoms with E-state index < -0.39 is 0 Å². The minimum atomic E-state index is 0.593. The number of hydrogen-bond donors (Lipinski definition) is 0. The first kappa shape index (κ1) is 31.9. The molecule has 0 atom stereocenters. The summed E-state index contributed by atoms with van der Waals surface area (Å²) in [6.07, 6.45) is 0. The van der Waals surface area contributed by atoms with E-state index in [0.717, 1.165) is 66.5 Å². The van der Waals surface area contributed by atoms with Crippen LogP contribution < -0.4 is 0 Å². The standard InChI is InChI=1S/C51H32N4O/c1-4-13-33(14-5-1)35-23-25-37(26-24-35)50-52-49(36-17-8-3-9-18-36)53-51(54-50)42-20-12-22-46-48(42)41-29-28-39(32-47(41)56-46)55-44-21-11-10-19-40(44)43-31-38(27-30-45(43)55)34-15-6-2-7-16-34/h1-32H. The molecular weight excluding hydrogens is 685 g/mol. The molecule has 8 aromatic carbocycles. The van der Waals surface area contributed by atoms with Crippen LogP contribution in [-0.4, -0.2) is 19.5 Å². The summed E-state index contributed by atoms with van der Waals surface area (Å²) in [5.74, 6) is 1.82. The number of para-hydroxylation sites is 1. The van der Waals surface area contributed by atoms with Crippen molar-refractivity contribution in [3.63, 3.8) is 0 Å². The van der Waals surface area contributed by atoms with Crippen LogP contribution in [0.5, 0.6) is 0 Å². The molecule has 0 spiro atoms. The van der Waals surface area contributed by atoms with Gasteiger partial charge in [0.25, 0.3) is 0 Å². The fraction of sp³-hybridized carbons (Fsp3) is 0. The maximum Gasteiger partial charge on any atom is 0.164 e. The molecule has 3 aromatic heterocycles. The van der Waals surface area contributed by atoms with Crippen LogP contribution in [0.25, 0.3) is 106 Å². The molecule has 11 aromatic rings. The van der Waals surface area contributed by atoms with Crippen molar-refractivity contribution >= 4 is 43.7 Å². The Morgan fingerprint density at radius 2 is 0.893 bits per heavy atom. The fourth-order valence-corrected chi connectivity index (χ4v) is 7.99. The Balaban J connectivity index is 1.06. The minimum Gasteiger partial charge on any atom is -0.456 e. The Kier molecular flexibility index (Phi) is 7.42. The summed E-state index contributed by atoms with van der Waals surface area (Å²) in [4.78, 5) is 15.2. The average Bonchev–Trinajstić information content (AvgIpc) is 3.82. The zero-order chi connectivity index (χ0) is 37.0. The van der Waals surface area contributed by atoms with Gasteiger partial charge in [0.1, 0.15) is 11.2 Å². The lowest BCUT2D eigenvalue weighted by Crippen LogP contribution is -2.00. The van der Waals surface area contributed by atoms with E-state index in [-0.39, 0.29) is 0 Å². The SMILES string of the molecule is c1ccc(-c2ccc(-c3nc(-c4ccccc4)nc(-c4cccc5oc6cc(-n7c8ccccc8c8cc(-c9ccccc9)ccc87)ccc6c45)n3)cc2)cc1. The number of nitrogens with zero attached hydrogens (tertiary/aromatic N) is 4. The maximum absolute atomic E-state index is 6.65. The van der Waals surface area contributed by atoms with Gasteiger partial charge in [0, 0.05) is 50.0 Å². The zero-order valence-electron chi connectivity index (χ0n) is 30.2.